The summed E-state index contributed by atoms with van der Waals surface area (Å²) in [6, 6.07) is 18.6. The fraction of sp³-hybridized carbons (Fsp3) is 0.346. The minimum Gasteiger partial charge on any atom is -0.469 e. The van der Waals surface area contributed by atoms with Gasteiger partial charge in [0, 0.05) is 37.1 Å². The largest absolute Gasteiger partial charge is 0.469 e. The van der Waals surface area contributed by atoms with Gasteiger partial charge >= 0.3 is 5.97 Å². The van der Waals surface area contributed by atoms with E-state index in [0.717, 1.165) is 12.2 Å². The zero-order chi connectivity index (χ0) is 23.4. The quantitative estimate of drug-likeness (QED) is 0.394. The van der Waals surface area contributed by atoms with E-state index in [1.54, 1.807) is 0 Å². The van der Waals surface area contributed by atoms with E-state index in [0.29, 0.717) is 24.5 Å². The Kier molecular flexibility index (Phi) is 7.08. The summed E-state index contributed by atoms with van der Waals surface area (Å²) in [5.41, 5.74) is 5.87. The van der Waals surface area contributed by atoms with E-state index in [1.165, 1.54) is 29.6 Å². The summed E-state index contributed by atoms with van der Waals surface area (Å²) in [5, 5.41) is 4.18. The van der Waals surface area contributed by atoms with Gasteiger partial charge in [0.2, 0.25) is 0 Å². The average Bonchev–Trinajstić information content (AvgIpc) is 3.30. The highest BCUT2D eigenvalue weighted by molar-refractivity contribution is 7.80. The Labute approximate surface area is 200 Å². The molecule has 7 heteroatoms. The average molecular weight is 463 g/mol. The van der Waals surface area contributed by atoms with Crippen LogP contribution in [0, 0.1) is 13.8 Å². The minimum absolute atomic E-state index is 0.0132. The first-order chi connectivity index (χ1) is 16.0. The van der Waals surface area contributed by atoms with Gasteiger partial charge in [0.15, 0.2) is 5.11 Å². The van der Waals surface area contributed by atoms with Crippen LogP contribution in [0.15, 0.2) is 60.8 Å². The van der Waals surface area contributed by atoms with Crippen LogP contribution in [-0.4, -0.2) is 39.2 Å². The SMILES string of the molecule is COC(=O)CCCN1C(=S)N[C@@H](c2ccccn2)[C@H]1c1cc(C)n(Cc2ccccc2)c1C. The fourth-order valence-electron chi connectivity index (χ4n) is 4.62. The topological polar surface area (TPSA) is 59.4 Å². The van der Waals surface area contributed by atoms with Crippen LogP contribution < -0.4 is 5.32 Å². The molecule has 1 N–H and O–H groups in total. The van der Waals surface area contributed by atoms with E-state index in [2.05, 4.69) is 63.9 Å². The maximum Gasteiger partial charge on any atom is 0.305 e. The van der Waals surface area contributed by atoms with Crippen LogP contribution in [0.25, 0.3) is 0 Å². The van der Waals surface area contributed by atoms with Gasteiger partial charge in [-0.05, 0) is 61.8 Å². The molecule has 33 heavy (non-hydrogen) atoms. The first kappa shape index (κ1) is 23.0. The predicted octanol–water partition coefficient (Wildman–Crippen LogP) is 4.47. The number of carbonyl (C=O) groups is 1. The van der Waals surface area contributed by atoms with E-state index < -0.39 is 0 Å². The highest BCUT2D eigenvalue weighted by atomic mass is 32.1. The first-order valence-corrected chi connectivity index (χ1v) is 11.7. The molecule has 172 valence electrons. The van der Waals surface area contributed by atoms with Gasteiger partial charge in [-0.3, -0.25) is 9.78 Å². The van der Waals surface area contributed by atoms with Crippen molar-refractivity contribution in [3.63, 3.8) is 0 Å². The summed E-state index contributed by atoms with van der Waals surface area (Å²) in [6.45, 7) is 5.81. The molecule has 0 bridgehead atoms. The van der Waals surface area contributed by atoms with Crippen LogP contribution in [0.2, 0.25) is 0 Å². The Morgan fingerprint density at radius 3 is 2.61 bits per heavy atom. The maximum absolute atomic E-state index is 11.7. The third kappa shape index (κ3) is 4.93. The molecule has 2 atom stereocenters. The molecular weight excluding hydrogens is 432 g/mol. The van der Waals surface area contributed by atoms with E-state index >= 15 is 0 Å². The number of benzene rings is 1. The lowest BCUT2D eigenvalue weighted by molar-refractivity contribution is -0.140. The standard InChI is InChI=1S/C26H30N4O2S/c1-18-16-21(19(2)30(18)17-20-10-5-4-6-11-20)25-24(22-12-7-8-14-27-22)28-26(33)29(25)15-9-13-23(31)32-3/h4-8,10-12,14,16,24-25H,9,13,15,17H2,1-3H3,(H,28,33)/t24-,25+/m0/s1. The summed E-state index contributed by atoms with van der Waals surface area (Å²) in [7, 11) is 1.42. The number of methoxy groups -OCH3 is 1. The highest BCUT2D eigenvalue weighted by Gasteiger charge is 2.41. The summed E-state index contributed by atoms with van der Waals surface area (Å²) < 4.78 is 7.17. The number of nitrogens with one attached hydrogen (secondary N) is 1. The van der Waals surface area contributed by atoms with Crippen molar-refractivity contribution in [2.45, 2.75) is 45.3 Å². The van der Waals surface area contributed by atoms with Crippen molar-refractivity contribution < 1.29 is 9.53 Å². The normalized spacial score (nSPS) is 17.8. The lowest BCUT2D eigenvalue weighted by Crippen LogP contribution is -2.31. The Morgan fingerprint density at radius 1 is 1.15 bits per heavy atom. The smallest absolute Gasteiger partial charge is 0.305 e. The molecule has 1 saturated heterocycles. The Morgan fingerprint density at radius 2 is 1.91 bits per heavy atom. The number of carbonyl (C=O) groups excluding carboxylic acids is 1. The molecule has 0 radical (unpaired) electrons. The zero-order valence-corrected chi connectivity index (χ0v) is 20.1. The molecule has 0 amide bonds. The third-order valence-corrected chi connectivity index (χ3v) is 6.67. The zero-order valence-electron chi connectivity index (χ0n) is 19.3. The van der Waals surface area contributed by atoms with Gasteiger partial charge in [-0.2, -0.15) is 0 Å². The molecule has 0 aliphatic carbocycles. The lowest BCUT2D eigenvalue weighted by Gasteiger charge is -2.28. The maximum atomic E-state index is 11.7. The highest BCUT2D eigenvalue weighted by Crippen LogP contribution is 2.41. The van der Waals surface area contributed by atoms with E-state index in [1.807, 2.05) is 30.5 Å². The summed E-state index contributed by atoms with van der Waals surface area (Å²) in [5.74, 6) is -0.202. The van der Waals surface area contributed by atoms with E-state index in [-0.39, 0.29) is 18.1 Å². The van der Waals surface area contributed by atoms with Gasteiger partial charge in [0.25, 0.3) is 0 Å². The second-order valence-corrected chi connectivity index (χ2v) is 8.78. The number of thiocarbonyl (C=S) groups is 1. The monoisotopic (exact) mass is 462 g/mol. The summed E-state index contributed by atoms with van der Waals surface area (Å²) in [4.78, 5) is 18.5. The number of nitrogens with zero attached hydrogens (tertiary/aromatic N) is 3. The van der Waals surface area contributed by atoms with Crippen LogP contribution >= 0.6 is 12.2 Å². The molecule has 1 fully saturated rings. The number of rotatable bonds is 8. The van der Waals surface area contributed by atoms with Gasteiger partial charge in [-0.25, -0.2) is 0 Å². The van der Waals surface area contributed by atoms with E-state index in [4.69, 9.17) is 17.0 Å². The van der Waals surface area contributed by atoms with Crippen molar-refractivity contribution in [1.29, 1.82) is 0 Å². The number of aromatic nitrogens is 2. The molecule has 2 aromatic heterocycles. The van der Waals surface area contributed by atoms with Crippen molar-refractivity contribution in [1.82, 2.24) is 19.8 Å². The number of pyridine rings is 1. The molecule has 3 heterocycles. The molecule has 1 aromatic carbocycles. The van der Waals surface area contributed by atoms with Crippen LogP contribution in [0.3, 0.4) is 0 Å². The Hall–Kier alpha value is -3.19. The molecule has 6 nitrogen and oxygen atoms in total. The van der Waals surface area contributed by atoms with Crippen molar-refractivity contribution >= 4 is 23.3 Å². The lowest BCUT2D eigenvalue weighted by atomic mass is 9.96. The van der Waals surface area contributed by atoms with Crippen molar-refractivity contribution in [3.05, 3.63) is 89.0 Å². The summed E-state index contributed by atoms with van der Waals surface area (Å²) in [6.07, 6.45) is 2.85. The molecule has 1 aliphatic rings. The molecule has 3 aromatic rings. The molecule has 0 unspecified atom stereocenters. The van der Waals surface area contributed by atoms with Crippen LogP contribution in [-0.2, 0) is 16.1 Å². The second-order valence-electron chi connectivity index (χ2n) is 8.40. The van der Waals surface area contributed by atoms with Crippen molar-refractivity contribution in [3.8, 4) is 0 Å². The third-order valence-electron chi connectivity index (χ3n) is 6.32. The number of hydrogen-bond donors (Lipinski definition) is 1. The molecule has 1 aliphatic heterocycles. The molecular formula is C26H30N4O2S. The van der Waals surface area contributed by atoms with Gasteiger partial charge in [-0.15, -0.1) is 0 Å². The summed E-state index contributed by atoms with van der Waals surface area (Å²) >= 11 is 5.75. The number of hydrogen-bond acceptors (Lipinski definition) is 4. The molecule has 0 spiro atoms. The number of esters is 1. The van der Waals surface area contributed by atoms with Gasteiger partial charge < -0.3 is 19.5 Å². The van der Waals surface area contributed by atoms with Crippen molar-refractivity contribution in [2.75, 3.05) is 13.7 Å². The molecule has 4 rings (SSSR count). The van der Waals surface area contributed by atoms with Crippen LogP contribution in [0.4, 0.5) is 0 Å². The van der Waals surface area contributed by atoms with E-state index in [9.17, 15) is 4.79 Å². The van der Waals surface area contributed by atoms with Gasteiger partial charge in [0.1, 0.15) is 0 Å². The van der Waals surface area contributed by atoms with Crippen molar-refractivity contribution in [2.24, 2.45) is 0 Å². The fourth-order valence-corrected chi connectivity index (χ4v) is 4.95. The van der Waals surface area contributed by atoms with Crippen LogP contribution in [0.1, 0.15) is 53.1 Å². The first-order valence-electron chi connectivity index (χ1n) is 11.2. The number of ether oxygens (including phenoxy) is 1. The van der Waals surface area contributed by atoms with Gasteiger partial charge in [-0.1, -0.05) is 36.4 Å². The van der Waals surface area contributed by atoms with Gasteiger partial charge in [0.05, 0.1) is 24.9 Å². The predicted molar refractivity (Wildman–Crippen MR) is 133 cm³/mol. The molecule has 0 saturated carbocycles. The number of aryl methyl sites for hydroxylation is 1. The van der Waals surface area contributed by atoms with Crippen LogP contribution in [0.5, 0.6) is 0 Å². The minimum atomic E-state index is -0.202. The second kappa shape index (κ2) is 10.2. The Bertz CT molecular complexity index is 1110. The Balaban J connectivity index is 1.69.